The molecule has 3 aliphatic rings. The minimum atomic E-state index is -0.481. The summed E-state index contributed by atoms with van der Waals surface area (Å²) in [6.45, 7) is 3.96. The molecule has 1 spiro atoms. The van der Waals surface area contributed by atoms with E-state index in [1.165, 1.54) is 17.4 Å². The number of amides is 1. The van der Waals surface area contributed by atoms with Crippen molar-refractivity contribution in [2.75, 3.05) is 32.9 Å². The van der Waals surface area contributed by atoms with Crippen LogP contribution in [0.25, 0.3) is 11.1 Å². The Kier molecular flexibility index (Phi) is 5.89. The number of aromatic nitrogens is 1. The van der Waals surface area contributed by atoms with Crippen LogP contribution in [0, 0.1) is 11.8 Å². The standard InChI is InChI=1S/C24H32N2O5/c27-22(16-26-20-3-1-2-4-21(20)31-23(26)28)25-11-9-24(10-12-25)15-18(8-14-30-24)7-13-29-17-19-5-6-19/h1-4,18-19H,5-17H2. The van der Waals surface area contributed by atoms with Crippen molar-refractivity contribution in [2.24, 2.45) is 11.8 Å². The Bertz CT molecular complexity index is 968. The third-order valence-electron chi connectivity index (χ3n) is 7.21. The quantitative estimate of drug-likeness (QED) is 0.633. The van der Waals surface area contributed by atoms with Gasteiger partial charge in [-0.25, -0.2) is 4.79 Å². The van der Waals surface area contributed by atoms with Crippen LogP contribution in [-0.4, -0.2) is 53.9 Å². The normalized spacial score (nSPS) is 23.5. The zero-order chi connectivity index (χ0) is 21.3. The van der Waals surface area contributed by atoms with Gasteiger partial charge in [0.1, 0.15) is 6.54 Å². The van der Waals surface area contributed by atoms with Crippen molar-refractivity contribution in [3.63, 3.8) is 0 Å². The van der Waals surface area contributed by atoms with Crippen molar-refractivity contribution in [2.45, 2.75) is 57.1 Å². The highest BCUT2D eigenvalue weighted by molar-refractivity contribution is 5.79. The van der Waals surface area contributed by atoms with E-state index >= 15 is 0 Å². The van der Waals surface area contributed by atoms with E-state index < -0.39 is 5.76 Å². The van der Waals surface area contributed by atoms with Gasteiger partial charge in [0.25, 0.3) is 0 Å². The van der Waals surface area contributed by atoms with Gasteiger partial charge < -0.3 is 18.8 Å². The second-order valence-corrected chi connectivity index (χ2v) is 9.50. The van der Waals surface area contributed by atoms with E-state index in [4.69, 9.17) is 13.9 Å². The lowest BCUT2D eigenvalue weighted by molar-refractivity contribution is -0.148. The molecule has 0 radical (unpaired) electrons. The molecule has 1 aliphatic carbocycles. The molecule has 1 amide bonds. The maximum Gasteiger partial charge on any atom is 0.420 e. The van der Waals surface area contributed by atoms with Gasteiger partial charge in [0.15, 0.2) is 5.58 Å². The van der Waals surface area contributed by atoms with Gasteiger partial charge in [0.2, 0.25) is 5.91 Å². The Hall–Kier alpha value is -2.12. The Morgan fingerprint density at radius 2 is 1.94 bits per heavy atom. The number of ether oxygens (including phenoxy) is 2. The molecule has 2 aliphatic heterocycles. The number of benzene rings is 1. The molecule has 1 aromatic heterocycles. The molecule has 1 saturated carbocycles. The Morgan fingerprint density at radius 3 is 2.74 bits per heavy atom. The number of likely N-dealkylation sites (tertiary alicyclic amines) is 1. The van der Waals surface area contributed by atoms with Crippen LogP contribution in [0.3, 0.4) is 0 Å². The minimum absolute atomic E-state index is 0.0185. The van der Waals surface area contributed by atoms with Crippen LogP contribution in [0.4, 0.5) is 0 Å². The van der Waals surface area contributed by atoms with Crippen molar-refractivity contribution in [1.82, 2.24) is 9.47 Å². The van der Waals surface area contributed by atoms with Gasteiger partial charge in [-0.2, -0.15) is 0 Å². The van der Waals surface area contributed by atoms with Gasteiger partial charge in [-0.3, -0.25) is 9.36 Å². The van der Waals surface area contributed by atoms with E-state index in [9.17, 15) is 9.59 Å². The summed E-state index contributed by atoms with van der Waals surface area (Å²) in [7, 11) is 0. The molecule has 5 rings (SSSR count). The molecule has 7 heteroatoms. The van der Waals surface area contributed by atoms with Gasteiger partial charge >= 0.3 is 5.76 Å². The molecule has 3 heterocycles. The van der Waals surface area contributed by atoms with Gasteiger partial charge in [-0.1, -0.05) is 12.1 Å². The summed E-state index contributed by atoms with van der Waals surface area (Å²) in [5.41, 5.74) is 1.08. The lowest BCUT2D eigenvalue weighted by atomic mass is 9.78. The predicted octanol–water partition coefficient (Wildman–Crippen LogP) is 3.20. The number of para-hydroxylation sites is 2. The number of fused-ring (bicyclic) bond motifs is 1. The van der Waals surface area contributed by atoms with E-state index in [0.29, 0.717) is 30.1 Å². The first-order chi connectivity index (χ1) is 15.1. The molecule has 1 aromatic carbocycles. The fourth-order valence-electron chi connectivity index (χ4n) is 5.07. The van der Waals surface area contributed by atoms with Gasteiger partial charge in [0.05, 0.1) is 11.1 Å². The SMILES string of the molecule is O=C(Cn1c(=O)oc2ccccc21)N1CCC2(CC1)CC(CCOCC1CC1)CCO2. The maximum absolute atomic E-state index is 12.9. The summed E-state index contributed by atoms with van der Waals surface area (Å²) in [6, 6.07) is 7.22. The van der Waals surface area contributed by atoms with E-state index in [1.54, 1.807) is 6.07 Å². The van der Waals surface area contributed by atoms with Crippen molar-refractivity contribution in [1.29, 1.82) is 0 Å². The largest absolute Gasteiger partial charge is 0.420 e. The van der Waals surface area contributed by atoms with Gasteiger partial charge in [0, 0.05) is 32.9 Å². The zero-order valence-corrected chi connectivity index (χ0v) is 18.1. The fourth-order valence-corrected chi connectivity index (χ4v) is 5.07. The fraction of sp³-hybridized carbons (Fsp3) is 0.667. The lowest BCUT2D eigenvalue weighted by Gasteiger charge is -2.46. The van der Waals surface area contributed by atoms with Crippen LogP contribution in [-0.2, 0) is 20.8 Å². The molecular weight excluding hydrogens is 396 g/mol. The number of nitrogens with zero attached hydrogens (tertiary/aromatic N) is 2. The summed E-state index contributed by atoms with van der Waals surface area (Å²) >= 11 is 0. The number of rotatable bonds is 7. The molecule has 2 saturated heterocycles. The average Bonchev–Trinajstić information content (AvgIpc) is 3.55. The monoisotopic (exact) mass is 428 g/mol. The van der Waals surface area contributed by atoms with Crippen LogP contribution < -0.4 is 5.76 Å². The minimum Gasteiger partial charge on any atom is -0.408 e. The molecule has 7 nitrogen and oxygen atoms in total. The lowest BCUT2D eigenvalue weighted by Crippen LogP contribution is -2.51. The summed E-state index contributed by atoms with van der Waals surface area (Å²) in [5, 5.41) is 0. The highest BCUT2D eigenvalue weighted by Crippen LogP contribution is 2.39. The Balaban J connectivity index is 1.13. The first-order valence-electron chi connectivity index (χ1n) is 11.7. The van der Waals surface area contributed by atoms with E-state index in [2.05, 4.69) is 0 Å². The highest BCUT2D eigenvalue weighted by atomic mass is 16.5. The summed E-state index contributed by atoms with van der Waals surface area (Å²) < 4.78 is 18.8. The summed E-state index contributed by atoms with van der Waals surface area (Å²) in [4.78, 5) is 26.9. The number of hydrogen-bond acceptors (Lipinski definition) is 5. The summed E-state index contributed by atoms with van der Waals surface area (Å²) in [5.74, 6) is 0.944. The molecule has 1 unspecified atom stereocenters. The molecule has 31 heavy (non-hydrogen) atoms. The molecule has 2 aromatic rings. The molecule has 1 atom stereocenters. The van der Waals surface area contributed by atoms with Crippen molar-refractivity contribution < 1.29 is 18.7 Å². The Labute approximate surface area is 182 Å². The van der Waals surface area contributed by atoms with Crippen molar-refractivity contribution in [3.05, 3.63) is 34.8 Å². The highest BCUT2D eigenvalue weighted by Gasteiger charge is 2.41. The zero-order valence-electron chi connectivity index (χ0n) is 18.1. The van der Waals surface area contributed by atoms with E-state index in [-0.39, 0.29) is 18.1 Å². The number of carbonyl (C=O) groups is 1. The molecule has 3 fully saturated rings. The van der Waals surface area contributed by atoms with Crippen LogP contribution in [0.2, 0.25) is 0 Å². The van der Waals surface area contributed by atoms with Crippen molar-refractivity contribution >= 4 is 17.0 Å². The van der Waals surface area contributed by atoms with Crippen LogP contribution in [0.1, 0.15) is 44.9 Å². The van der Waals surface area contributed by atoms with E-state index in [1.807, 2.05) is 23.1 Å². The van der Waals surface area contributed by atoms with Gasteiger partial charge in [-0.05, 0) is 68.9 Å². The van der Waals surface area contributed by atoms with Crippen molar-refractivity contribution in [3.8, 4) is 0 Å². The topological polar surface area (TPSA) is 73.9 Å². The molecule has 168 valence electrons. The third-order valence-corrected chi connectivity index (χ3v) is 7.21. The van der Waals surface area contributed by atoms with Crippen LogP contribution in [0.15, 0.2) is 33.5 Å². The summed E-state index contributed by atoms with van der Waals surface area (Å²) in [6.07, 6.45) is 7.67. The first-order valence-corrected chi connectivity index (χ1v) is 11.7. The molecule has 0 N–H and O–H groups in total. The first kappa shape index (κ1) is 20.8. The Morgan fingerprint density at radius 1 is 1.13 bits per heavy atom. The second-order valence-electron chi connectivity index (χ2n) is 9.50. The number of hydrogen-bond donors (Lipinski definition) is 0. The van der Waals surface area contributed by atoms with Gasteiger partial charge in [-0.15, -0.1) is 0 Å². The predicted molar refractivity (Wildman–Crippen MR) is 116 cm³/mol. The van der Waals surface area contributed by atoms with E-state index in [0.717, 1.165) is 57.8 Å². The maximum atomic E-state index is 12.9. The molecule has 0 bridgehead atoms. The van der Waals surface area contributed by atoms with Crippen LogP contribution >= 0.6 is 0 Å². The number of oxazole rings is 1. The smallest absolute Gasteiger partial charge is 0.408 e. The molecular formula is C24H32N2O5. The van der Waals surface area contributed by atoms with Crippen LogP contribution in [0.5, 0.6) is 0 Å². The third kappa shape index (κ3) is 4.72. The average molecular weight is 429 g/mol. The second kappa shape index (κ2) is 8.79. The number of carbonyl (C=O) groups excluding carboxylic acids is 1. The number of piperidine rings is 1.